The summed E-state index contributed by atoms with van der Waals surface area (Å²) in [5.74, 6) is 1.33. The Balaban J connectivity index is 1.37. The van der Waals surface area contributed by atoms with Crippen LogP contribution in [0.25, 0.3) is 4.96 Å². The maximum atomic E-state index is 12.3. The Morgan fingerprint density at radius 3 is 2.93 bits per heavy atom. The van der Waals surface area contributed by atoms with Crippen LogP contribution in [-0.2, 0) is 6.54 Å². The van der Waals surface area contributed by atoms with Gasteiger partial charge in [-0.25, -0.2) is 4.98 Å². The lowest BCUT2D eigenvalue weighted by Gasteiger charge is -2.28. The van der Waals surface area contributed by atoms with E-state index in [1.165, 1.54) is 22.5 Å². The van der Waals surface area contributed by atoms with Crippen LogP contribution in [0.3, 0.4) is 0 Å². The van der Waals surface area contributed by atoms with E-state index in [2.05, 4.69) is 53.0 Å². The van der Waals surface area contributed by atoms with E-state index in [0.29, 0.717) is 17.9 Å². The molecule has 3 atom stereocenters. The lowest BCUT2D eigenvalue weighted by molar-refractivity contribution is 0.223. The second-order valence-electron chi connectivity index (χ2n) is 8.00. The van der Waals surface area contributed by atoms with Crippen molar-refractivity contribution in [3.8, 4) is 0 Å². The summed E-state index contributed by atoms with van der Waals surface area (Å²) in [6.07, 6.45) is 1.79. The number of likely N-dealkylation sites (tertiary alicyclic amines) is 2. The molecule has 4 heterocycles. The minimum absolute atomic E-state index is 0.0214. The predicted octanol–water partition coefficient (Wildman–Crippen LogP) is 2.80. The van der Waals surface area contributed by atoms with Crippen LogP contribution in [0.1, 0.15) is 22.9 Å². The molecule has 0 bridgehead atoms. The van der Waals surface area contributed by atoms with Gasteiger partial charge < -0.3 is 0 Å². The third-order valence-electron chi connectivity index (χ3n) is 6.22. The topological polar surface area (TPSA) is 40.9 Å². The molecule has 140 valence electrons. The van der Waals surface area contributed by atoms with E-state index in [-0.39, 0.29) is 5.56 Å². The smallest absolute Gasteiger partial charge is 0.258 e. The first kappa shape index (κ1) is 17.1. The molecule has 1 aromatic carbocycles. The molecule has 0 aliphatic carbocycles. The van der Waals surface area contributed by atoms with E-state index in [1.807, 2.05) is 5.38 Å². The molecule has 2 aliphatic rings. The van der Waals surface area contributed by atoms with Crippen molar-refractivity contribution in [3.05, 3.63) is 69.1 Å². The number of nitrogens with zero attached hydrogens (tertiary/aromatic N) is 4. The second kappa shape index (κ2) is 6.55. The molecule has 0 N–H and O–H groups in total. The molecule has 0 radical (unpaired) electrons. The Hall–Kier alpha value is -2.02. The minimum Gasteiger partial charge on any atom is -0.299 e. The van der Waals surface area contributed by atoms with Gasteiger partial charge in [0.15, 0.2) is 4.96 Å². The van der Waals surface area contributed by atoms with Crippen LogP contribution in [0.4, 0.5) is 0 Å². The lowest BCUT2D eigenvalue weighted by atomic mass is 9.88. The summed E-state index contributed by atoms with van der Waals surface area (Å²) < 4.78 is 1.62. The zero-order valence-electron chi connectivity index (χ0n) is 15.7. The molecular weight excluding hydrogens is 356 g/mol. The monoisotopic (exact) mass is 380 g/mol. The van der Waals surface area contributed by atoms with Gasteiger partial charge in [-0.3, -0.25) is 19.0 Å². The molecule has 6 heteroatoms. The molecule has 2 saturated heterocycles. The SMILES string of the molecule is Cc1ccccc1[C@H]1[C@@H]2CN(Cc3cc(=O)n4ccsc4n3)C[C@@H]2CN1C. The minimum atomic E-state index is 0.0214. The fraction of sp³-hybridized carbons (Fsp3) is 0.429. The molecule has 0 unspecified atom stereocenters. The van der Waals surface area contributed by atoms with Gasteiger partial charge in [0.25, 0.3) is 5.56 Å². The number of aromatic nitrogens is 2. The summed E-state index contributed by atoms with van der Waals surface area (Å²) in [6, 6.07) is 11.0. The van der Waals surface area contributed by atoms with Crippen molar-refractivity contribution in [1.82, 2.24) is 19.2 Å². The molecule has 27 heavy (non-hydrogen) atoms. The number of fused-ring (bicyclic) bond motifs is 2. The van der Waals surface area contributed by atoms with Crippen LogP contribution in [-0.4, -0.2) is 45.9 Å². The van der Waals surface area contributed by atoms with Crippen LogP contribution >= 0.6 is 11.3 Å². The molecule has 0 spiro atoms. The first-order valence-electron chi connectivity index (χ1n) is 9.54. The van der Waals surface area contributed by atoms with Crippen molar-refractivity contribution < 1.29 is 0 Å². The standard InChI is InChI=1S/C21H24N4OS/c1-14-5-3-4-6-17(14)20-18-13-24(11-15(18)10-23(20)2)12-16-9-19(26)25-7-8-27-21(25)22-16/h3-9,15,18,20H,10-13H2,1-2H3/t15-,18+,20-/m0/s1. The molecule has 0 saturated carbocycles. The number of rotatable bonds is 3. The number of hydrogen-bond acceptors (Lipinski definition) is 5. The lowest BCUT2D eigenvalue weighted by Crippen LogP contribution is -2.30. The van der Waals surface area contributed by atoms with Crippen molar-refractivity contribution in [2.24, 2.45) is 11.8 Å². The molecule has 2 aromatic heterocycles. The first-order chi connectivity index (χ1) is 13.1. The fourth-order valence-electron chi connectivity index (χ4n) is 5.06. The van der Waals surface area contributed by atoms with Crippen molar-refractivity contribution in [2.75, 3.05) is 26.7 Å². The van der Waals surface area contributed by atoms with Crippen molar-refractivity contribution in [1.29, 1.82) is 0 Å². The fourth-order valence-corrected chi connectivity index (χ4v) is 5.80. The van der Waals surface area contributed by atoms with Gasteiger partial charge in [-0.1, -0.05) is 24.3 Å². The number of benzene rings is 1. The Morgan fingerprint density at radius 2 is 2.07 bits per heavy atom. The number of hydrogen-bond donors (Lipinski definition) is 0. The van der Waals surface area contributed by atoms with E-state index in [1.54, 1.807) is 16.7 Å². The molecule has 3 aromatic rings. The van der Waals surface area contributed by atoms with Crippen LogP contribution in [0.5, 0.6) is 0 Å². The Bertz CT molecular complexity index is 1040. The van der Waals surface area contributed by atoms with Gasteiger partial charge in [0, 0.05) is 49.9 Å². The van der Waals surface area contributed by atoms with Gasteiger partial charge in [0.2, 0.25) is 0 Å². The molecule has 5 rings (SSSR count). The molecular formula is C21H24N4OS. The van der Waals surface area contributed by atoms with Crippen LogP contribution in [0, 0.1) is 18.8 Å². The number of thiazole rings is 1. The Morgan fingerprint density at radius 1 is 1.22 bits per heavy atom. The Labute approximate surface area is 162 Å². The highest BCUT2D eigenvalue weighted by molar-refractivity contribution is 7.15. The van der Waals surface area contributed by atoms with E-state index < -0.39 is 0 Å². The van der Waals surface area contributed by atoms with Gasteiger partial charge in [0.05, 0.1) is 5.69 Å². The van der Waals surface area contributed by atoms with Crippen molar-refractivity contribution in [2.45, 2.75) is 19.5 Å². The summed E-state index contributed by atoms with van der Waals surface area (Å²) in [6.45, 7) is 6.28. The largest absolute Gasteiger partial charge is 0.299 e. The summed E-state index contributed by atoms with van der Waals surface area (Å²) in [5.41, 5.74) is 3.76. The average Bonchev–Trinajstić information content (AvgIpc) is 3.30. The van der Waals surface area contributed by atoms with Gasteiger partial charge >= 0.3 is 0 Å². The summed E-state index contributed by atoms with van der Waals surface area (Å²) in [5, 5.41) is 1.91. The predicted molar refractivity (Wildman–Crippen MR) is 108 cm³/mol. The third-order valence-corrected chi connectivity index (χ3v) is 6.98. The summed E-state index contributed by atoms with van der Waals surface area (Å²) in [7, 11) is 2.26. The molecule has 0 amide bonds. The quantitative estimate of drug-likeness (QED) is 0.701. The summed E-state index contributed by atoms with van der Waals surface area (Å²) in [4.78, 5) is 22.7. The zero-order valence-corrected chi connectivity index (χ0v) is 16.5. The van der Waals surface area contributed by atoms with E-state index >= 15 is 0 Å². The third kappa shape index (κ3) is 2.92. The van der Waals surface area contributed by atoms with E-state index in [0.717, 1.165) is 36.8 Å². The highest BCUT2D eigenvalue weighted by Crippen LogP contribution is 2.45. The average molecular weight is 381 g/mol. The highest BCUT2D eigenvalue weighted by atomic mass is 32.1. The van der Waals surface area contributed by atoms with Crippen LogP contribution in [0.2, 0.25) is 0 Å². The first-order valence-corrected chi connectivity index (χ1v) is 10.4. The highest BCUT2D eigenvalue weighted by Gasteiger charge is 2.46. The van der Waals surface area contributed by atoms with Crippen molar-refractivity contribution in [3.63, 3.8) is 0 Å². The van der Waals surface area contributed by atoms with Crippen molar-refractivity contribution >= 4 is 16.3 Å². The van der Waals surface area contributed by atoms with Crippen LogP contribution < -0.4 is 5.56 Å². The Kier molecular flexibility index (Phi) is 4.15. The van der Waals surface area contributed by atoms with E-state index in [4.69, 9.17) is 0 Å². The van der Waals surface area contributed by atoms with Gasteiger partial charge in [-0.2, -0.15) is 0 Å². The zero-order chi connectivity index (χ0) is 18.5. The maximum Gasteiger partial charge on any atom is 0.258 e. The number of aryl methyl sites for hydroxylation is 1. The summed E-state index contributed by atoms with van der Waals surface area (Å²) >= 11 is 1.52. The van der Waals surface area contributed by atoms with Crippen LogP contribution in [0.15, 0.2) is 46.7 Å². The van der Waals surface area contributed by atoms with Gasteiger partial charge in [-0.05, 0) is 36.9 Å². The molecule has 2 aliphatic heterocycles. The molecule has 2 fully saturated rings. The van der Waals surface area contributed by atoms with Gasteiger partial charge in [-0.15, -0.1) is 11.3 Å². The second-order valence-corrected chi connectivity index (χ2v) is 8.87. The maximum absolute atomic E-state index is 12.3. The molecule has 5 nitrogen and oxygen atoms in total. The van der Waals surface area contributed by atoms with Gasteiger partial charge in [0.1, 0.15) is 0 Å². The normalized spacial score (nSPS) is 26.1. The van der Waals surface area contributed by atoms with E-state index in [9.17, 15) is 4.79 Å².